The van der Waals surface area contributed by atoms with E-state index in [2.05, 4.69) is 86.6 Å². The van der Waals surface area contributed by atoms with Gasteiger partial charge in [-0.2, -0.15) is 5.10 Å². The summed E-state index contributed by atoms with van der Waals surface area (Å²) in [7, 11) is 0. The number of piperidine rings is 1. The lowest BCUT2D eigenvalue weighted by atomic mass is 10.0. The second-order valence-electron chi connectivity index (χ2n) is 9.30. The van der Waals surface area contributed by atoms with Gasteiger partial charge in [0.15, 0.2) is 5.65 Å². The smallest absolute Gasteiger partial charge is 0.181 e. The Hall–Kier alpha value is -4.13. The van der Waals surface area contributed by atoms with Gasteiger partial charge in [0, 0.05) is 64.6 Å². The van der Waals surface area contributed by atoms with E-state index in [1.807, 2.05) is 18.5 Å². The Bertz CT molecular complexity index is 1430. The van der Waals surface area contributed by atoms with Crippen LogP contribution < -0.4 is 5.32 Å². The zero-order valence-electron chi connectivity index (χ0n) is 21.1. The predicted molar refractivity (Wildman–Crippen MR) is 148 cm³/mol. The Morgan fingerprint density at radius 3 is 2.69 bits per heavy atom. The monoisotopic (exact) mass is 479 g/mol. The number of hydrogen-bond donors (Lipinski definition) is 3. The first kappa shape index (κ1) is 23.6. The average Bonchev–Trinajstić information content (AvgIpc) is 3.50. The van der Waals surface area contributed by atoms with Crippen LogP contribution in [0.5, 0.6) is 0 Å². The summed E-state index contributed by atoms with van der Waals surface area (Å²) in [5.41, 5.74) is 9.95. The van der Waals surface area contributed by atoms with E-state index in [9.17, 15) is 0 Å². The number of allylic oxidation sites excluding steroid dienone is 3. The highest BCUT2D eigenvalue weighted by molar-refractivity contribution is 5.93. The molecule has 5 rings (SSSR count). The van der Waals surface area contributed by atoms with Crippen molar-refractivity contribution in [3.05, 3.63) is 79.1 Å². The number of fused-ring (bicyclic) bond motifs is 1. The summed E-state index contributed by atoms with van der Waals surface area (Å²) < 4.78 is 0. The molecule has 7 heteroatoms. The highest BCUT2D eigenvalue weighted by Gasteiger charge is 2.20. The Morgan fingerprint density at radius 2 is 1.92 bits per heavy atom. The van der Waals surface area contributed by atoms with Gasteiger partial charge < -0.3 is 15.2 Å². The molecule has 0 aliphatic carbocycles. The van der Waals surface area contributed by atoms with E-state index < -0.39 is 0 Å². The van der Waals surface area contributed by atoms with Gasteiger partial charge in [-0.05, 0) is 56.9 Å². The molecule has 7 nitrogen and oxygen atoms in total. The minimum atomic E-state index is 0.682. The van der Waals surface area contributed by atoms with Gasteiger partial charge >= 0.3 is 0 Å². The summed E-state index contributed by atoms with van der Waals surface area (Å²) in [5.74, 6) is 0. The molecule has 1 saturated heterocycles. The number of nitrogens with zero attached hydrogens (tertiary/aromatic N) is 4. The Labute approximate surface area is 212 Å². The molecule has 0 aromatic carbocycles. The van der Waals surface area contributed by atoms with Crippen molar-refractivity contribution in [2.45, 2.75) is 39.5 Å². The van der Waals surface area contributed by atoms with Crippen LogP contribution in [0.4, 0.5) is 5.69 Å². The second-order valence-corrected chi connectivity index (χ2v) is 9.30. The number of aromatic nitrogens is 5. The molecular weight excluding hydrogens is 446 g/mol. The molecule has 0 spiro atoms. The molecular formula is C29H33N7. The lowest BCUT2D eigenvalue weighted by molar-refractivity contribution is 0.326. The van der Waals surface area contributed by atoms with Crippen molar-refractivity contribution in [2.75, 3.05) is 18.4 Å². The van der Waals surface area contributed by atoms with Crippen LogP contribution in [0.15, 0.2) is 67.8 Å². The Morgan fingerprint density at radius 1 is 1.11 bits per heavy atom. The molecule has 0 atom stereocenters. The molecule has 4 aromatic rings. The molecule has 4 aromatic heterocycles. The van der Waals surface area contributed by atoms with Crippen molar-refractivity contribution in [3.8, 4) is 22.5 Å². The van der Waals surface area contributed by atoms with E-state index in [-0.39, 0.29) is 0 Å². The van der Waals surface area contributed by atoms with Gasteiger partial charge in [0.1, 0.15) is 0 Å². The van der Waals surface area contributed by atoms with Crippen LogP contribution in [0, 0.1) is 6.92 Å². The molecule has 1 fully saturated rings. The van der Waals surface area contributed by atoms with Crippen LogP contribution >= 0.6 is 0 Å². The first-order valence-corrected chi connectivity index (χ1v) is 12.6. The number of hydrogen-bond acceptors (Lipinski definition) is 5. The van der Waals surface area contributed by atoms with Gasteiger partial charge in [-0.15, -0.1) is 0 Å². The number of likely N-dealkylation sites (tertiary alicyclic amines) is 1. The van der Waals surface area contributed by atoms with Crippen LogP contribution in [-0.4, -0.2) is 43.1 Å². The van der Waals surface area contributed by atoms with Gasteiger partial charge in [-0.25, -0.2) is 4.98 Å². The maximum absolute atomic E-state index is 4.62. The average molecular weight is 480 g/mol. The van der Waals surface area contributed by atoms with Crippen molar-refractivity contribution in [2.24, 2.45) is 0 Å². The minimum absolute atomic E-state index is 0.682. The summed E-state index contributed by atoms with van der Waals surface area (Å²) in [5, 5.41) is 12.0. The lowest BCUT2D eigenvalue weighted by Crippen LogP contribution is -2.28. The molecule has 0 unspecified atom stereocenters. The van der Waals surface area contributed by atoms with Gasteiger partial charge in [0.25, 0.3) is 0 Å². The fourth-order valence-electron chi connectivity index (χ4n) is 4.79. The zero-order chi connectivity index (χ0) is 25.1. The van der Waals surface area contributed by atoms with Crippen LogP contribution in [-0.2, 0) is 0 Å². The summed E-state index contributed by atoms with van der Waals surface area (Å²) in [6.45, 7) is 14.3. The summed E-state index contributed by atoms with van der Waals surface area (Å²) in [6, 6.07) is 6.40. The fourth-order valence-corrected chi connectivity index (χ4v) is 4.79. The Balaban J connectivity index is 1.51. The van der Waals surface area contributed by atoms with Gasteiger partial charge in [-0.1, -0.05) is 26.2 Å². The number of H-pyrrole nitrogens is 2. The third-order valence-corrected chi connectivity index (χ3v) is 6.76. The SMILES string of the molecule is C=C/C=C(\c1cc(-c2[nH]nc3ncc(-c4cncc(NC(=C)CC)c4)cc23)[nH]c1C)N1CCCCC1. The first-order chi connectivity index (χ1) is 17.6. The van der Waals surface area contributed by atoms with Gasteiger partial charge in [0.2, 0.25) is 0 Å². The predicted octanol–water partition coefficient (Wildman–Crippen LogP) is 6.67. The number of pyridine rings is 2. The van der Waals surface area contributed by atoms with Crippen molar-refractivity contribution in [3.63, 3.8) is 0 Å². The van der Waals surface area contributed by atoms with E-state index in [0.717, 1.165) is 64.5 Å². The third-order valence-electron chi connectivity index (χ3n) is 6.76. The number of nitrogens with one attached hydrogen (secondary N) is 3. The minimum Gasteiger partial charge on any atom is -0.371 e. The highest BCUT2D eigenvalue weighted by atomic mass is 15.2. The molecule has 3 N–H and O–H groups in total. The van der Waals surface area contributed by atoms with E-state index in [0.29, 0.717) is 5.65 Å². The van der Waals surface area contributed by atoms with Crippen molar-refractivity contribution in [1.82, 2.24) is 30.0 Å². The fraction of sp³-hybridized carbons (Fsp3) is 0.276. The molecule has 0 bridgehead atoms. The highest BCUT2D eigenvalue weighted by Crippen LogP contribution is 2.33. The van der Waals surface area contributed by atoms with Crippen molar-refractivity contribution < 1.29 is 0 Å². The molecule has 0 amide bonds. The normalized spacial score (nSPS) is 14.3. The Kier molecular flexibility index (Phi) is 6.71. The van der Waals surface area contributed by atoms with Gasteiger partial charge in [-0.3, -0.25) is 10.1 Å². The molecule has 0 saturated carbocycles. The molecule has 0 radical (unpaired) electrons. The molecule has 1 aliphatic heterocycles. The summed E-state index contributed by atoms with van der Waals surface area (Å²) in [4.78, 5) is 15.1. The topological polar surface area (TPSA) is 85.5 Å². The maximum atomic E-state index is 4.62. The second kappa shape index (κ2) is 10.2. The van der Waals surface area contributed by atoms with Crippen molar-refractivity contribution >= 4 is 22.4 Å². The third kappa shape index (κ3) is 4.69. The van der Waals surface area contributed by atoms with E-state index in [4.69, 9.17) is 0 Å². The number of aromatic amines is 2. The zero-order valence-corrected chi connectivity index (χ0v) is 21.1. The van der Waals surface area contributed by atoms with E-state index in [1.165, 1.54) is 30.5 Å². The largest absolute Gasteiger partial charge is 0.371 e. The van der Waals surface area contributed by atoms with E-state index >= 15 is 0 Å². The number of rotatable bonds is 8. The summed E-state index contributed by atoms with van der Waals surface area (Å²) in [6.07, 6.45) is 14.1. The lowest BCUT2D eigenvalue weighted by Gasteiger charge is -2.31. The van der Waals surface area contributed by atoms with Crippen molar-refractivity contribution in [1.29, 1.82) is 0 Å². The standard InChI is InChI=1S/C29H33N7/c1-5-10-27(36-11-8-7-9-12-36)24-15-26(33-20(24)4)28-25-14-22(17-31-29(25)35-34-28)21-13-23(18-30-16-21)32-19(3)6-2/h5,10,13-18,32-33H,1,3,6-9,11-12H2,2,4H3,(H,31,34,35)/b27-10+. The van der Waals surface area contributed by atoms with E-state index in [1.54, 1.807) is 6.20 Å². The number of anilines is 1. The van der Waals surface area contributed by atoms with Crippen LogP contribution in [0.3, 0.4) is 0 Å². The number of aryl methyl sites for hydroxylation is 1. The molecule has 184 valence electrons. The molecule has 5 heterocycles. The molecule has 1 aliphatic rings. The first-order valence-electron chi connectivity index (χ1n) is 12.6. The van der Waals surface area contributed by atoms with Crippen LogP contribution in [0.2, 0.25) is 0 Å². The van der Waals surface area contributed by atoms with Crippen LogP contribution in [0.25, 0.3) is 39.2 Å². The maximum Gasteiger partial charge on any atom is 0.181 e. The quantitative estimate of drug-likeness (QED) is 0.246. The van der Waals surface area contributed by atoms with Crippen LogP contribution in [0.1, 0.15) is 43.9 Å². The molecule has 36 heavy (non-hydrogen) atoms. The van der Waals surface area contributed by atoms with Gasteiger partial charge in [0.05, 0.1) is 23.3 Å². The summed E-state index contributed by atoms with van der Waals surface area (Å²) >= 11 is 0.